The van der Waals surface area contributed by atoms with E-state index in [1.165, 1.54) is 0 Å². The van der Waals surface area contributed by atoms with Crippen LogP contribution < -0.4 is 5.73 Å². The lowest BCUT2D eigenvalue weighted by molar-refractivity contribution is 0.0670. The Morgan fingerprint density at radius 2 is 2.24 bits per heavy atom. The molecule has 1 aliphatic heterocycles. The molecular weight excluding hydrogens is 236 g/mol. The fourth-order valence-corrected chi connectivity index (χ4v) is 2.20. The summed E-state index contributed by atoms with van der Waals surface area (Å²) in [6, 6.07) is 0. The number of piperidine rings is 1. The fourth-order valence-electron chi connectivity index (χ4n) is 2.00. The van der Waals surface area contributed by atoms with E-state index in [9.17, 15) is 4.79 Å². The molecule has 1 saturated heterocycles. The Morgan fingerprint density at radius 3 is 2.71 bits per heavy atom. The van der Waals surface area contributed by atoms with Gasteiger partial charge in [-0.3, -0.25) is 9.89 Å². The number of amides is 1. The second-order valence-corrected chi connectivity index (χ2v) is 5.14. The van der Waals surface area contributed by atoms with Crippen LogP contribution in [0, 0.1) is 5.41 Å². The monoisotopic (exact) mass is 252 g/mol. The molecule has 0 bridgehead atoms. The van der Waals surface area contributed by atoms with Crippen molar-refractivity contribution >= 4 is 23.1 Å². The van der Waals surface area contributed by atoms with Gasteiger partial charge in [0.1, 0.15) is 0 Å². The molecule has 0 aliphatic carbocycles. The Labute approximate surface area is 105 Å². The highest BCUT2D eigenvalue weighted by atomic mass is 32.1. The average Bonchev–Trinajstić information content (AvgIpc) is 2.82. The van der Waals surface area contributed by atoms with Crippen molar-refractivity contribution in [3.05, 3.63) is 18.0 Å². The first-order chi connectivity index (χ1) is 8.03. The van der Waals surface area contributed by atoms with Gasteiger partial charge < -0.3 is 10.6 Å². The van der Waals surface area contributed by atoms with Gasteiger partial charge in [0.2, 0.25) is 0 Å². The number of hydrogen-bond donors (Lipinski definition) is 2. The van der Waals surface area contributed by atoms with E-state index in [1.54, 1.807) is 12.4 Å². The minimum atomic E-state index is -0.109. The smallest absolute Gasteiger partial charge is 0.257 e. The van der Waals surface area contributed by atoms with Gasteiger partial charge in [0.15, 0.2) is 0 Å². The Bertz CT molecular complexity index is 421. The van der Waals surface area contributed by atoms with E-state index in [-0.39, 0.29) is 11.3 Å². The Hall–Kier alpha value is -1.43. The molecule has 0 spiro atoms. The number of likely N-dealkylation sites (tertiary alicyclic amines) is 1. The van der Waals surface area contributed by atoms with E-state index in [1.807, 2.05) is 4.90 Å². The third kappa shape index (κ3) is 2.31. The van der Waals surface area contributed by atoms with Crippen LogP contribution in [0.4, 0.5) is 0 Å². The highest BCUT2D eigenvalue weighted by Gasteiger charge is 2.34. The maximum absolute atomic E-state index is 12.0. The summed E-state index contributed by atoms with van der Waals surface area (Å²) in [4.78, 5) is 14.4. The number of nitrogens with one attached hydrogen (secondary N) is 1. The molecule has 6 heteroatoms. The van der Waals surface area contributed by atoms with Crippen LogP contribution in [0.3, 0.4) is 0 Å². The third-order valence-electron chi connectivity index (χ3n) is 3.49. The first-order valence-corrected chi connectivity index (χ1v) is 6.02. The SMILES string of the molecule is CC1(C(N)=S)CCN(C(=O)c2cn[nH]c2)CC1. The zero-order valence-electron chi connectivity index (χ0n) is 9.77. The van der Waals surface area contributed by atoms with E-state index in [0.717, 1.165) is 12.8 Å². The minimum Gasteiger partial charge on any atom is -0.393 e. The van der Waals surface area contributed by atoms with E-state index in [2.05, 4.69) is 17.1 Å². The van der Waals surface area contributed by atoms with Crippen molar-refractivity contribution in [3.63, 3.8) is 0 Å². The van der Waals surface area contributed by atoms with Crippen molar-refractivity contribution in [1.82, 2.24) is 15.1 Å². The highest BCUT2D eigenvalue weighted by molar-refractivity contribution is 7.80. The lowest BCUT2D eigenvalue weighted by atomic mass is 9.80. The molecule has 1 fully saturated rings. The molecule has 1 aliphatic rings. The highest BCUT2D eigenvalue weighted by Crippen LogP contribution is 2.31. The first kappa shape index (κ1) is 12.0. The Balaban J connectivity index is 2.00. The molecule has 17 heavy (non-hydrogen) atoms. The number of aromatic nitrogens is 2. The molecule has 2 rings (SSSR count). The zero-order valence-corrected chi connectivity index (χ0v) is 10.6. The van der Waals surface area contributed by atoms with Gasteiger partial charge in [0, 0.05) is 24.7 Å². The number of thiocarbonyl (C=S) groups is 1. The summed E-state index contributed by atoms with van der Waals surface area (Å²) in [6.07, 6.45) is 4.81. The van der Waals surface area contributed by atoms with Gasteiger partial charge in [-0.05, 0) is 12.8 Å². The molecule has 0 aromatic carbocycles. The molecule has 92 valence electrons. The van der Waals surface area contributed by atoms with Gasteiger partial charge in [-0.2, -0.15) is 5.10 Å². The largest absolute Gasteiger partial charge is 0.393 e. The Morgan fingerprint density at radius 1 is 1.59 bits per heavy atom. The number of rotatable bonds is 2. The fraction of sp³-hybridized carbons (Fsp3) is 0.545. The van der Waals surface area contributed by atoms with Crippen LogP contribution in [0.2, 0.25) is 0 Å². The van der Waals surface area contributed by atoms with Crippen molar-refractivity contribution in [3.8, 4) is 0 Å². The summed E-state index contributed by atoms with van der Waals surface area (Å²) in [6.45, 7) is 3.45. The van der Waals surface area contributed by atoms with E-state index in [0.29, 0.717) is 23.6 Å². The van der Waals surface area contributed by atoms with Crippen LogP contribution in [-0.2, 0) is 0 Å². The summed E-state index contributed by atoms with van der Waals surface area (Å²) in [5.41, 5.74) is 6.22. The van der Waals surface area contributed by atoms with Crippen LogP contribution in [0.25, 0.3) is 0 Å². The number of nitrogens with two attached hydrogens (primary N) is 1. The summed E-state index contributed by atoms with van der Waals surface area (Å²) < 4.78 is 0. The molecule has 0 unspecified atom stereocenters. The average molecular weight is 252 g/mol. The lowest BCUT2D eigenvalue weighted by Crippen LogP contribution is -2.46. The van der Waals surface area contributed by atoms with Crippen molar-refractivity contribution < 1.29 is 4.79 Å². The number of aromatic amines is 1. The molecule has 0 radical (unpaired) electrons. The number of carbonyl (C=O) groups excluding carboxylic acids is 1. The van der Waals surface area contributed by atoms with Gasteiger partial charge in [-0.1, -0.05) is 19.1 Å². The summed E-state index contributed by atoms with van der Waals surface area (Å²) >= 11 is 5.07. The molecule has 1 aromatic heterocycles. The van der Waals surface area contributed by atoms with Gasteiger partial charge in [-0.25, -0.2) is 0 Å². The quantitative estimate of drug-likeness (QED) is 0.768. The van der Waals surface area contributed by atoms with Gasteiger partial charge in [0.25, 0.3) is 5.91 Å². The molecule has 2 heterocycles. The van der Waals surface area contributed by atoms with E-state index in [4.69, 9.17) is 18.0 Å². The van der Waals surface area contributed by atoms with Crippen molar-refractivity contribution in [2.75, 3.05) is 13.1 Å². The Kier molecular flexibility index (Phi) is 3.15. The minimum absolute atomic E-state index is 0.0174. The first-order valence-electron chi connectivity index (χ1n) is 5.61. The standard InChI is InChI=1S/C11H16N4OS/c1-11(10(12)17)2-4-15(5-3-11)9(16)8-6-13-14-7-8/h6-7H,2-5H2,1H3,(H2,12,17)(H,13,14). The predicted octanol–water partition coefficient (Wildman–Crippen LogP) is 0.938. The number of carbonyl (C=O) groups is 1. The van der Waals surface area contributed by atoms with Gasteiger partial charge in [0.05, 0.1) is 16.7 Å². The number of H-pyrrole nitrogens is 1. The molecule has 5 nitrogen and oxygen atoms in total. The van der Waals surface area contributed by atoms with Crippen LogP contribution in [0.1, 0.15) is 30.1 Å². The predicted molar refractivity (Wildman–Crippen MR) is 68.6 cm³/mol. The second-order valence-electron chi connectivity index (χ2n) is 4.70. The zero-order chi connectivity index (χ0) is 12.5. The normalized spacial score (nSPS) is 19.0. The molecule has 3 N–H and O–H groups in total. The lowest BCUT2D eigenvalue weighted by Gasteiger charge is -2.38. The van der Waals surface area contributed by atoms with E-state index >= 15 is 0 Å². The van der Waals surface area contributed by atoms with Gasteiger partial charge in [-0.15, -0.1) is 0 Å². The second kappa shape index (κ2) is 4.44. The summed E-state index contributed by atoms with van der Waals surface area (Å²) in [7, 11) is 0. The maximum atomic E-state index is 12.0. The van der Waals surface area contributed by atoms with Crippen LogP contribution in [0.15, 0.2) is 12.4 Å². The third-order valence-corrected chi connectivity index (χ3v) is 3.99. The molecule has 1 aromatic rings. The topological polar surface area (TPSA) is 75.0 Å². The summed E-state index contributed by atoms with van der Waals surface area (Å²) in [5, 5.41) is 6.43. The molecule has 0 saturated carbocycles. The molecule has 1 amide bonds. The maximum Gasteiger partial charge on any atom is 0.257 e. The van der Waals surface area contributed by atoms with Crippen LogP contribution in [0.5, 0.6) is 0 Å². The summed E-state index contributed by atoms with van der Waals surface area (Å²) in [5.74, 6) is 0.0174. The van der Waals surface area contributed by atoms with Crippen LogP contribution >= 0.6 is 12.2 Å². The van der Waals surface area contributed by atoms with Gasteiger partial charge >= 0.3 is 0 Å². The van der Waals surface area contributed by atoms with E-state index < -0.39 is 0 Å². The van der Waals surface area contributed by atoms with Crippen molar-refractivity contribution in [1.29, 1.82) is 0 Å². The molecule has 0 atom stereocenters. The number of nitrogens with zero attached hydrogens (tertiary/aromatic N) is 2. The number of hydrogen-bond acceptors (Lipinski definition) is 3. The molecular formula is C11H16N4OS. The van der Waals surface area contributed by atoms with Crippen LogP contribution in [-0.4, -0.2) is 39.1 Å². The van der Waals surface area contributed by atoms with Crippen molar-refractivity contribution in [2.45, 2.75) is 19.8 Å². The van der Waals surface area contributed by atoms with Crippen molar-refractivity contribution in [2.24, 2.45) is 11.1 Å².